The summed E-state index contributed by atoms with van der Waals surface area (Å²) in [6.45, 7) is 8.63. The summed E-state index contributed by atoms with van der Waals surface area (Å²) in [5.41, 5.74) is 2.65. The van der Waals surface area contributed by atoms with Gasteiger partial charge < -0.3 is 5.32 Å². The number of nitrogens with one attached hydrogen (secondary N) is 1. The van der Waals surface area contributed by atoms with Crippen LogP contribution in [0.1, 0.15) is 32.2 Å². The van der Waals surface area contributed by atoms with Crippen LogP contribution >= 0.6 is 11.8 Å². The summed E-state index contributed by atoms with van der Waals surface area (Å²) in [6.07, 6.45) is 2.21. The van der Waals surface area contributed by atoms with Crippen LogP contribution < -0.4 is 5.32 Å². The number of aryl methyl sites for hydroxylation is 2. The Morgan fingerprint density at radius 1 is 1.39 bits per heavy atom. The van der Waals surface area contributed by atoms with E-state index in [-0.39, 0.29) is 0 Å². The minimum Gasteiger partial charge on any atom is -0.313 e. The van der Waals surface area contributed by atoms with E-state index in [4.69, 9.17) is 0 Å². The minimum atomic E-state index is 0.685. The zero-order valence-corrected chi connectivity index (χ0v) is 12.6. The third kappa shape index (κ3) is 3.09. The van der Waals surface area contributed by atoms with Crippen LogP contribution in [-0.4, -0.2) is 33.9 Å². The van der Waals surface area contributed by atoms with E-state index >= 15 is 0 Å². The molecule has 2 heterocycles. The first kappa shape index (κ1) is 13.9. The number of hydrogen-bond donors (Lipinski definition) is 1. The highest BCUT2D eigenvalue weighted by atomic mass is 32.2. The molecule has 0 spiro atoms. The Morgan fingerprint density at radius 2 is 2.22 bits per heavy atom. The Bertz CT molecular complexity index is 375. The molecule has 0 amide bonds. The summed E-state index contributed by atoms with van der Waals surface area (Å²) in [5, 5.41) is 8.27. The fraction of sp³-hybridized carbons (Fsp3) is 0.786. The van der Waals surface area contributed by atoms with E-state index in [1.54, 1.807) is 0 Å². The predicted molar refractivity (Wildman–Crippen MR) is 79.3 cm³/mol. The zero-order chi connectivity index (χ0) is 13.0. The van der Waals surface area contributed by atoms with Gasteiger partial charge in [-0.1, -0.05) is 13.8 Å². The first-order valence-corrected chi connectivity index (χ1v) is 8.30. The van der Waals surface area contributed by atoms with Gasteiger partial charge in [0.25, 0.3) is 0 Å². The largest absolute Gasteiger partial charge is 0.313 e. The molecule has 0 radical (unpaired) electrons. The highest BCUT2D eigenvalue weighted by molar-refractivity contribution is 7.99. The summed E-state index contributed by atoms with van der Waals surface area (Å²) >= 11 is 2.08. The molecule has 0 aliphatic carbocycles. The molecule has 0 aromatic carbocycles. The van der Waals surface area contributed by atoms with Gasteiger partial charge in [-0.05, 0) is 44.0 Å². The van der Waals surface area contributed by atoms with Crippen LogP contribution in [0.15, 0.2) is 6.07 Å². The van der Waals surface area contributed by atoms with Crippen molar-refractivity contribution in [3.05, 3.63) is 17.5 Å². The highest BCUT2D eigenvalue weighted by Gasteiger charge is 2.28. The standard InChI is InChI=1S/C14H25N3S/c1-4-12-8-13(17(6-3)16-12)7-11-9-18-10-14(11)15-5-2/h8,11,14-15H,4-7,9-10H2,1-3H3. The number of nitrogens with zero attached hydrogens (tertiary/aromatic N) is 2. The SMILES string of the molecule is CCNC1CSCC1Cc1cc(CC)nn1CC. The molecule has 4 heteroatoms. The van der Waals surface area contributed by atoms with Gasteiger partial charge in [0.15, 0.2) is 0 Å². The van der Waals surface area contributed by atoms with Crippen molar-refractivity contribution in [3.8, 4) is 0 Å². The van der Waals surface area contributed by atoms with Crippen LogP contribution in [0.25, 0.3) is 0 Å². The van der Waals surface area contributed by atoms with Gasteiger partial charge in [0, 0.05) is 24.0 Å². The summed E-state index contributed by atoms with van der Waals surface area (Å²) in [4.78, 5) is 0. The summed E-state index contributed by atoms with van der Waals surface area (Å²) in [6, 6.07) is 2.99. The second-order valence-corrected chi connectivity index (χ2v) is 6.04. The highest BCUT2D eigenvalue weighted by Crippen LogP contribution is 2.27. The van der Waals surface area contributed by atoms with E-state index < -0.39 is 0 Å². The fourth-order valence-corrected chi connectivity index (χ4v) is 4.12. The summed E-state index contributed by atoms with van der Waals surface area (Å²) in [7, 11) is 0. The maximum absolute atomic E-state index is 4.65. The van der Waals surface area contributed by atoms with Crippen LogP contribution in [0.2, 0.25) is 0 Å². The smallest absolute Gasteiger partial charge is 0.0624 e. The molecule has 1 aromatic rings. The molecule has 2 atom stereocenters. The minimum absolute atomic E-state index is 0.685. The average Bonchev–Trinajstić information content (AvgIpc) is 2.97. The lowest BCUT2D eigenvalue weighted by Crippen LogP contribution is -2.36. The third-order valence-corrected chi connectivity index (χ3v) is 4.97. The van der Waals surface area contributed by atoms with Crippen molar-refractivity contribution in [1.82, 2.24) is 15.1 Å². The number of rotatable bonds is 6. The molecule has 1 aliphatic heterocycles. The Hall–Kier alpha value is -0.480. The normalized spacial score (nSPS) is 23.7. The van der Waals surface area contributed by atoms with Gasteiger partial charge in [-0.3, -0.25) is 4.68 Å². The molecule has 102 valence electrons. The van der Waals surface area contributed by atoms with E-state index in [0.717, 1.165) is 25.4 Å². The van der Waals surface area contributed by atoms with Crippen molar-refractivity contribution < 1.29 is 0 Å². The monoisotopic (exact) mass is 267 g/mol. The van der Waals surface area contributed by atoms with Crippen molar-refractivity contribution in [3.63, 3.8) is 0 Å². The Labute approximate surface area is 115 Å². The summed E-state index contributed by atoms with van der Waals surface area (Å²) in [5.74, 6) is 3.31. The van der Waals surface area contributed by atoms with Crippen LogP contribution in [0.3, 0.4) is 0 Å². The molecule has 0 bridgehead atoms. The van der Waals surface area contributed by atoms with E-state index in [1.807, 2.05) is 0 Å². The number of thioether (sulfide) groups is 1. The topological polar surface area (TPSA) is 29.9 Å². The molecule has 1 fully saturated rings. The molecular weight excluding hydrogens is 242 g/mol. The summed E-state index contributed by atoms with van der Waals surface area (Å²) < 4.78 is 2.19. The molecule has 1 saturated heterocycles. The van der Waals surface area contributed by atoms with Crippen LogP contribution in [0.5, 0.6) is 0 Å². The molecule has 2 unspecified atom stereocenters. The molecular formula is C14H25N3S. The molecule has 2 rings (SSSR count). The van der Waals surface area contributed by atoms with Crippen molar-refractivity contribution in [2.24, 2.45) is 5.92 Å². The molecule has 18 heavy (non-hydrogen) atoms. The van der Waals surface area contributed by atoms with Gasteiger partial charge in [0.1, 0.15) is 0 Å². The van der Waals surface area contributed by atoms with Crippen LogP contribution in [-0.2, 0) is 19.4 Å². The lowest BCUT2D eigenvalue weighted by atomic mass is 9.97. The van der Waals surface area contributed by atoms with Crippen LogP contribution in [0, 0.1) is 5.92 Å². The quantitative estimate of drug-likeness (QED) is 0.858. The molecule has 1 N–H and O–H groups in total. The first-order valence-electron chi connectivity index (χ1n) is 7.15. The van der Waals surface area contributed by atoms with Gasteiger partial charge in [0.05, 0.1) is 5.69 Å². The van der Waals surface area contributed by atoms with Crippen molar-refractivity contribution in [2.45, 2.75) is 46.2 Å². The van der Waals surface area contributed by atoms with Crippen molar-refractivity contribution >= 4 is 11.8 Å². The second kappa shape index (κ2) is 6.62. The van der Waals surface area contributed by atoms with Gasteiger partial charge in [0.2, 0.25) is 0 Å². The van der Waals surface area contributed by atoms with Gasteiger partial charge in [-0.25, -0.2) is 0 Å². The van der Waals surface area contributed by atoms with E-state index in [9.17, 15) is 0 Å². The second-order valence-electron chi connectivity index (χ2n) is 4.96. The van der Waals surface area contributed by atoms with Crippen LogP contribution in [0.4, 0.5) is 0 Å². The van der Waals surface area contributed by atoms with Gasteiger partial charge >= 0.3 is 0 Å². The van der Waals surface area contributed by atoms with E-state index in [0.29, 0.717) is 6.04 Å². The zero-order valence-electron chi connectivity index (χ0n) is 11.8. The molecule has 1 aromatic heterocycles. The predicted octanol–water partition coefficient (Wildman–Crippen LogP) is 2.35. The average molecular weight is 267 g/mol. The Kier molecular flexibility index (Phi) is 5.13. The number of aromatic nitrogens is 2. The Morgan fingerprint density at radius 3 is 2.89 bits per heavy atom. The maximum atomic E-state index is 4.65. The lowest BCUT2D eigenvalue weighted by molar-refractivity contribution is 0.421. The third-order valence-electron chi connectivity index (χ3n) is 3.71. The molecule has 0 saturated carbocycles. The van der Waals surface area contributed by atoms with E-state index in [1.165, 1.54) is 29.3 Å². The van der Waals surface area contributed by atoms with E-state index in [2.05, 4.69) is 53.7 Å². The van der Waals surface area contributed by atoms with Gasteiger partial charge in [-0.15, -0.1) is 0 Å². The maximum Gasteiger partial charge on any atom is 0.0624 e. The Balaban J connectivity index is 2.05. The molecule has 1 aliphatic rings. The molecule has 3 nitrogen and oxygen atoms in total. The lowest BCUT2D eigenvalue weighted by Gasteiger charge is -2.19. The fourth-order valence-electron chi connectivity index (χ4n) is 2.68. The number of hydrogen-bond acceptors (Lipinski definition) is 3. The van der Waals surface area contributed by atoms with Gasteiger partial charge in [-0.2, -0.15) is 16.9 Å². The first-order chi connectivity index (χ1) is 8.78. The van der Waals surface area contributed by atoms with Crippen molar-refractivity contribution in [1.29, 1.82) is 0 Å². The van der Waals surface area contributed by atoms with Crippen molar-refractivity contribution in [2.75, 3.05) is 18.1 Å².